The van der Waals surface area contributed by atoms with Crippen molar-refractivity contribution in [2.75, 3.05) is 11.9 Å². The lowest BCUT2D eigenvalue weighted by Gasteiger charge is -2.13. The Kier molecular flexibility index (Phi) is 6.60. The number of rotatable bonds is 8. The standard InChI is InChI=1S/C20H18ClN5O2/c21-17-8-2-1-6-15(17)7-4-10-28-20-18(16(11-22)19(27)25-26-20)24-13-14-5-3-9-23-12-14/h1-3,5-6,8-9,12H,4,7,10,13H2,(H2,24,25,27). The van der Waals surface area contributed by atoms with Gasteiger partial charge in [0.05, 0.1) is 6.61 Å². The monoisotopic (exact) mass is 395 g/mol. The number of hydrogen-bond donors (Lipinski definition) is 2. The minimum atomic E-state index is -0.570. The highest BCUT2D eigenvalue weighted by Gasteiger charge is 2.15. The number of nitrogens with one attached hydrogen (secondary N) is 2. The summed E-state index contributed by atoms with van der Waals surface area (Å²) in [6, 6.07) is 13.2. The molecule has 0 spiro atoms. The number of halogens is 1. The lowest BCUT2D eigenvalue weighted by molar-refractivity contribution is 0.297. The molecule has 28 heavy (non-hydrogen) atoms. The van der Waals surface area contributed by atoms with Crippen molar-refractivity contribution in [2.45, 2.75) is 19.4 Å². The van der Waals surface area contributed by atoms with Crippen LogP contribution in [-0.2, 0) is 13.0 Å². The summed E-state index contributed by atoms with van der Waals surface area (Å²) >= 11 is 6.16. The highest BCUT2D eigenvalue weighted by Crippen LogP contribution is 2.24. The van der Waals surface area contributed by atoms with Crippen LogP contribution in [0.4, 0.5) is 5.69 Å². The van der Waals surface area contributed by atoms with Gasteiger partial charge >= 0.3 is 0 Å². The number of aromatic amines is 1. The smallest absolute Gasteiger partial charge is 0.284 e. The highest BCUT2D eigenvalue weighted by atomic mass is 35.5. The van der Waals surface area contributed by atoms with Crippen molar-refractivity contribution in [1.29, 1.82) is 5.26 Å². The van der Waals surface area contributed by atoms with E-state index in [1.165, 1.54) is 0 Å². The Morgan fingerprint density at radius 3 is 2.86 bits per heavy atom. The van der Waals surface area contributed by atoms with Crippen LogP contribution in [0, 0.1) is 11.3 Å². The second kappa shape index (κ2) is 9.53. The van der Waals surface area contributed by atoms with E-state index in [1.807, 2.05) is 42.5 Å². The fraction of sp³-hybridized carbons (Fsp3) is 0.200. The van der Waals surface area contributed by atoms with E-state index in [0.717, 1.165) is 22.6 Å². The molecule has 0 amide bonds. The van der Waals surface area contributed by atoms with Gasteiger partial charge in [0, 0.05) is 24.0 Å². The highest BCUT2D eigenvalue weighted by molar-refractivity contribution is 6.31. The third kappa shape index (κ3) is 4.87. The van der Waals surface area contributed by atoms with E-state index in [2.05, 4.69) is 20.5 Å². The molecule has 0 fully saturated rings. The summed E-state index contributed by atoms with van der Waals surface area (Å²) < 4.78 is 5.73. The normalized spacial score (nSPS) is 10.3. The molecule has 2 N–H and O–H groups in total. The molecule has 0 saturated heterocycles. The molecule has 3 rings (SSSR count). The number of pyridine rings is 1. The Morgan fingerprint density at radius 1 is 1.25 bits per heavy atom. The van der Waals surface area contributed by atoms with Crippen molar-refractivity contribution >= 4 is 17.3 Å². The van der Waals surface area contributed by atoms with E-state index in [9.17, 15) is 10.1 Å². The first-order chi connectivity index (χ1) is 13.7. The summed E-state index contributed by atoms with van der Waals surface area (Å²) in [5.74, 6) is 0.180. The molecule has 0 aliphatic rings. The molecule has 0 atom stereocenters. The summed E-state index contributed by atoms with van der Waals surface area (Å²) in [5.41, 5.74) is 1.57. The quantitative estimate of drug-likeness (QED) is 0.567. The minimum absolute atomic E-state index is 0.0694. The van der Waals surface area contributed by atoms with Gasteiger partial charge < -0.3 is 10.1 Å². The molecule has 1 aromatic carbocycles. The molecule has 7 nitrogen and oxygen atoms in total. The third-order valence-electron chi connectivity index (χ3n) is 4.04. The zero-order valence-electron chi connectivity index (χ0n) is 15.0. The van der Waals surface area contributed by atoms with Crippen LogP contribution in [0.2, 0.25) is 5.02 Å². The molecule has 2 heterocycles. The van der Waals surface area contributed by atoms with Gasteiger partial charge in [-0.25, -0.2) is 5.10 Å². The van der Waals surface area contributed by atoms with Crippen molar-refractivity contribution in [3.05, 3.63) is 80.9 Å². The summed E-state index contributed by atoms with van der Waals surface area (Å²) in [6.45, 7) is 0.736. The molecule has 3 aromatic rings. The third-order valence-corrected chi connectivity index (χ3v) is 4.41. The van der Waals surface area contributed by atoms with Crippen LogP contribution in [0.15, 0.2) is 53.6 Å². The van der Waals surface area contributed by atoms with Gasteiger partial charge in [-0.2, -0.15) is 5.26 Å². The first-order valence-electron chi connectivity index (χ1n) is 8.71. The predicted octanol–water partition coefficient (Wildman–Crippen LogP) is 3.31. The van der Waals surface area contributed by atoms with Crippen molar-refractivity contribution in [3.63, 3.8) is 0 Å². The fourth-order valence-corrected chi connectivity index (χ4v) is 2.86. The Labute approximate surface area is 167 Å². The van der Waals surface area contributed by atoms with E-state index in [1.54, 1.807) is 12.4 Å². The molecule has 8 heteroatoms. The number of hydrogen-bond acceptors (Lipinski definition) is 6. The number of anilines is 1. The second-order valence-electron chi connectivity index (χ2n) is 5.98. The first-order valence-corrected chi connectivity index (χ1v) is 9.08. The van der Waals surface area contributed by atoms with Crippen LogP contribution >= 0.6 is 11.6 Å². The SMILES string of the molecule is N#Cc1c(NCc2cccnc2)c(OCCCc2ccccc2Cl)n[nH]c1=O. The van der Waals surface area contributed by atoms with Crippen molar-refractivity contribution in [1.82, 2.24) is 15.2 Å². The fourth-order valence-electron chi connectivity index (χ4n) is 2.63. The average Bonchev–Trinajstić information content (AvgIpc) is 2.72. The maximum atomic E-state index is 11.9. The Balaban J connectivity index is 1.68. The van der Waals surface area contributed by atoms with Gasteiger partial charge in [0.25, 0.3) is 11.4 Å². The van der Waals surface area contributed by atoms with Gasteiger partial charge in [0.2, 0.25) is 0 Å². The molecule has 0 saturated carbocycles. The summed E-state index contributed by atoms with van der Waals surface area (Å²) in [5, 5.41) is 19.4. The molecular weight excluding hydrogens is 378 g/mol. The van der Waals surface area contributed by atoms with Crippen molar-refractivity contribution < 1.29 is 4.74 Å². The van der Waals surface area contributed by atoms with E-state index >= 15 is 0 Å². The number of aryl methyl sites for hydroxylation is 1. The Hall–Kier alpha value is -3.37. The van der Waals surface area contributed by atoms with Crippen molar-refractivity contribution in [3.8, 4) is 11.9 Å². The molecule has 2 aromatic heterocycles. The van der Waals surface area contributed by atoms with Crippen LogP contribution in [-0.4, -0.2) is 21.8 Å². The van der Waals surface area contributed by atoms with Crippen LogP contribution < -0.4 is 15.6 Å². The molecule has 0 radical (unpaired) electrons. The van der Waals surface area contributed by atoms with Gasteiger partial charge in [0.15, 0.2) is 0 Å². The lowest BCUT2D eigenvalue weighted by atomic mass is 10.1. The average molecular weight is 396 g/mol. The molecule has 142 valence electrons. The molecule has 0 aliphatic heterocycles. The van der Waals surface area contributed by atoms with E-state index in [-0.39, 0.29) is 17.1 Å². The lowest BCUT2D eigenvalue weighted by Crippen LogP contribution is -2.18. The number of ether oxygens (including phenoxy) is 1. The van der Waals surface area contributed by atoms with Gasteiger partial charge in [-0.3, -0.25) is 9.78 Å². The van der Waals surface area contributed by atoms with E-state index < -0.39 is 5.56 Å². The number of nitrogens with zero attached hydrogens (tertiary/aromatic N) is 3. The van der Waals surface area contributed by atoms with Gasteiger partial charge in [0.1, 0.15) is 17.3 Å². The molecular formula is C20H18ClN5O2. The van der Waals surface area contributed by atoms with E-state index in [0.29, 0.717) is 19.6 Å². The van der Waals surface area contributed by atoms with Crippen LogP contribution in [0.1, 0.15) is 23.1 Å². The van der Waals surface area contributed by atoms with Gasteiger partial charge in [-0.15, -0.1) is 5.10 Å². The first kappa shape index (κ1) is 19.4. The largest absolute Gasteiger partial charge is 0.475 e. The summed E-state index contributed by atoms with van der Waals surface area (Å²) in [7, 11) is 0. The predicted molar refractivity (Wildman–Crippen MR) is 106 cm³/mol. The molecule has 0 aliphatic carbocycles. The van der Waals surface area contributed by atoms with Crippen LogP contribution in [0.5, 0.6) is 5.88 Å². The van der Waals surface area contributed by atoms with E-state index in [4.69, 9.17) is 16.3 Å². The second-order valence-corrected chi connectivity index (χ2v) is 6.39. The number of nitriles is 1. The number of benzene rings is 1. The topological polar surface area (TPSA) is 104 Å². The maximum Gasteiger partial charge on any atom is 0.284 e. The van der Waals surface area contributed by atoms with Gasteiger partial charge in [-0.1, -0.05) is 35.9 Å². The summed E-state index contributed by atoms with van der Waals surface area (Å²) in [6.07, 6.45) is 4.82. The Morgan fingerprint density at radius 2 is 2.11 bits per heavy atom. The van der Waals surface area contributed by atoms with Gasteiger partial charge in [-0.05, 0) is 36.1 Å². The summed E-state index contributed by atoms with van der Waals surface area (Å²) in [4.78, 5) is 16.0. The minimum Gasteiger partial charge on any atom is -0.475 e. The zero-order valence-corrected chi connectivity index (χ0v) is 15.7. The van der Waals surface area contributed by atoms with Crippen LogP contribution in [0.25, 0.3) is 0 Å². The molecule has 0 unspecified atom stereocenters. The Bertz CT molecular complexity index is 1030. The molecule has 0 bridgehead atoms. The zero-order chi connectivity index (χ0) is 19.8. The van der Waals surface area contributed by atoms with Crippen molar-refractivity contribution in [2.24, 2.45) is 0 Å². The number of H-pyrrole nitrogens is 1. The maximum absolute atomic E-state index is 11.9. The van der Waals surface area contributed by atoms with Crippen LogP contribution in [0.3, 0.4) is 0 Å². The number of aromatic nitrogens is 3.